The van der Waals surface area contributed by atoms with E-state index in [1.54, 1.807) is 0 Å². The van der Waals surface area contributed by atoms with Crippen LogP contribution >= 0.6 is 0 Å². The Morgan fingerprint density at radius 2 is 2.05 bits per heavy atom. The van der Waals surface area contributed by atoms with Gasteiger partial charge in [0.25, 0.3) is 0 Å². The molecular weight excluding hydrogens is 248 g/mol. The van der Waals surface area contributed by atoms with Crippen LogP contribution in [0.4, 0.5) is 5.69 Å². The first-order chi connectivity index (χ1) is 9.60. The fourth-order valence-electron chi connectivity index (χ4n) is 2.98. The van der Waals surface area contributed by atoms with Crippen LogP contribution in [0.3, 0.4) is 0 Å². The molecule has 3 unspecified atom stereocenters. The average Bonchev–Trinajstić information content (AvgIpc) is 2.46. The Hall–Kier alpha value is -1.06. The van der Waals surface area contributed by atoms with Crippen molar-refractivity contribution >= 4 is 5.69 Å². The van der Waals surface area contributed by atoms with Crippen LogP contribution in [-0.4, -0.2) is 37.7 Å². The number of nitrogens with zero attached hydrogens (tertiary/aromatic N) is 1. The number of piperidine rings is 1. The summed E-state index contributed by atoms with van der Waals surface area (Å²) in [5, 5.41) is 0. The van der Waals surface area contributed by atoms with Gasteiger partial charge in [-0.05, 0) is 55.5 Å². The van der Waals surface area contributed by atoms with Crippen molar-refractivity contribution in [2.45, 2.75) is 38.7 Å². The third kappa shape index (κ3) is 3.97. The van der Waals surface area contributed by atoms with Gasteiger partial charge in [0.15, 0.2) is 0 Å². The Morgan fingerprint density at radius 1 is 1.35 bits per heavy atom. The minimum absolute atomic E-state index is 0.399. The van der Waals surface area contributed by atoms with E-state index in [1.807, 2.05) is 19.2 Å². The van der Waals surface area contributed by atoms with E-state index in [0.717, 1.165) is 18.8 Å². The number of hydrogen-bond donors (Lipinski definition) is 1. The Labute approximate surface area is 123 Å². The molecule has 0 aliphatic carbocycles. The highest BCUT2D eigenvalue weighted by atomic mass is 16.5. The topological polar surface area (TPSA) is 38.5 Å². The number of nitrogen functional groups attached to an aromatic ring is 1. The van der Waals surface area contributed by atoms with Gasteiger partial charge in [0.1, 0.15) is 0 Å². The summed E-state index contributed by atoms with van der Waals surface area (Å²) >= 11 is 0. The summed E-state index contributed by atoms with van der Waals surface area (Å²) in [7, 11) is 1.83. The van der Waals surface area contributed by atoms with Gasteiger partial charge in [-0.3, -0.25) is 0 Å². The van der Waals surface area contributed by atoms with E-state index in [0.29, 0.717) is 17.9 Å². The van der Waals surface area contributed by atoms with Crippen molar-refractivity contribution in [2.75, 3.05) is 32.5 Å². The molecule has 2 N–H and O–H groups in total. The van der Waals surface area contributed by atoms with Gasteiger partial charge < -0.3 is 15.4 Å². The first kappa shape index (κ1) is 15.3. The third-order valence-electron chi connectivity index (χ3n) is 4.66. The van der Waals surface area contributed by atoms with Crippen molar-refractivity contribution in [3.05, 3.63) is 29.8 Å². The van der Waals surface area contributed by atoms with Crippen LogP contribution in [0, 0.1) is 5.92 Å². The molecule has 1 saturated heterocycles. The second kappa shape index (κ2) is 7.09. The van der Waals surface area contributed by atoms with Gasteiger partial charge in [-0.1, -0.05) is 26.0 Å². The zero-order chi connectivity index (χ0) is 14.5. The number of hydrogen-bond acceptors (Lipinski definition) is 3. The lowest BCUT2D eigenvalue weighted by atomic mass is 9.94. The summed E-state index contributed by atoms with van der Waals surface area (Å²) in [5.41, 5.74) is 7.96. The summed E-state index contributed by atoms with van der Waals surface area (Å²) in [4.78, 5) is 2.54. The molecule has 112 valence electrons. The van der Waals surface area contributed by atoms with Gasteiger partial charge in [-0.15, -0.1) is 0 Å². The first-order valence-electron chi connectivity index (χ1n) is 7.70. The van der Waals surface area contributed by atoms with E-state index in [-0.39, 0.29) is 0 Å². The summed E-state index contributed by atoms with van der Waals surface area (Å²) in [5.74, 6) is 1.27. The lowest BCUT2D eigenvalue weighted by Gasteiger charge is -2.36. The second-order valence-corrected chi connectivity index (χ2v) is 6.20. The van der Waals surface area contributed by atoms with E-state index in [2.05, 4.69) is 30.9 Å². The van der Waals surface area contributed by atoms with E-state index in [1.165, 1.54) is 24.9 Å². The molecule has 0 spiro atoms. The number of nitrogens with two attached hydrogens (primary N) is 1. The molecule has 0 bridgehead atoms. The fourth-order valence-corrected chi connectivity index (χ4v) is 2.98. The number of rotatable bonds is 5. The maximum absolute atomic E-state index is 5.74. The largest absolute Gasteiger partial charge is 0.399 e. The smallest absolute Gasteiger partial charge is 0.0724 e. The van der Waals surface area contributed by atoms with Crippen LogP contribution in [0.5, 0.6) is 0 Å². The van der Waals surface area contributed by atoms with Crippen LogP contribution in [0.2, 0.25) is 0 Å². The Balaban J connectivity index is 1.81. The summed E-state index contributed by atoms with van der Waals surface area (Å²) < 4.78 is 5.58. The lowest BCUT2D eigenvalue weighted by Crippen LogP contribution is -2.44. The predicted molar refractivity (Wildman–Crippen MR) is 84.9 cm³/mol. The molecule has 0 aromatic heterocycles. The minimum Gasteiger partial charge on any atom is -0.399 e. The highest BCUT2D eigenvalue weighted by molar-refractivity contribution is 5.40. The molecule has 0 saturated carbocycles. The number of benzene rings is 1. The SMILES string of the molecule is COC1CN(CCC(C)c2ccc(N)cc2)CCC1C. The van der Waals surface area contributed by atoms with Crippen molar-refractivity contribution in [3.8, 4) is 0 Å². The average molecular weight is 276 g/mol. The van der Waals surface area contributed by atoms with Gasteiger partial charge in [-0.25, -0.2) is 0 Å². The molecule has 0 amide bonds. The molecule has 1 heterocycles. The van der Waals surface area contributed by atoms with Gasteiger partial charge >= 0.3 is 0 Å². The van der Waals surface area contributed by atoms with Gasteiger partial charge in [0.2, 0.25) is 0 Å². The van der Waals surface area contributed by atoms with Gasteiger partial charge in [-0.2, -0.15) is 0 Å². The van der Waals surface area contributed by atoms with Crippen LogP contribution in [-0.2, 0) is 4.74 Å². The maximum Gasteiger partial charge on any atom is 0.0724 e. The molecule has 20 heavy (non-hydrogen) atoms. The molecular formula is C17H28N2O. The quantitative estimate of drug-likeness (QED) is 0.840. The van der Waals surface area contributed by atoms with Crippen LogP contribution in [0.15, 0.2) is 24.3 Å². The second-order valence-electron chi connectivity index (χ2n) is 6.20. The normalized spacial score (nSPS) is 25.6. The van der Waals surface area contributed by atoms with E-state index >= 15 is 0 Å². The monoisotopic (exact) mass is 276 g/mol. The fraction of sp³-hybridized carbons (Fsp3) is 0.647. The Morgan fingerprint density at radius 3 is 2.70 bits per heavy atom. The van der Waals surface area contributed by atoms with Crippen LogP contribution in [0.1, 0.15) is 38.2 Å². The number of methoxy groups -OCH3 is 1. The number of likely N-dealkylation sites (tertiary alicyclic amines) is 1. The molecule has 0 radical (unpaired) electrons. The third-order valence-corrected chi connectivity index (χ3v) is 4.66. The molecule has 1 aliphatic rings. The van der Waals surface area contributed by atoms with Crippen molar-refractivity contribution in [1.82, 2.24) is 4.90 Å². The molecule has 2 rings (SSSR count). The zero-order valence-corrected chi connectivity index (χ0v) is 13.0. The summed E-state index contributed by atoms with van der Waals surface area (Å²) in [6.07, 6.45) is 2.83. The highest BCUT2D eigenvalue weighted by Crippen LogP contribution is 2.23. The van der Waals surface area contributed by atoms with Crippen molar-refractivity contribution in [3.63, 3.8) is 0 Å². The molecule has 1 aromatic rings. The molecule has 3 heteroatoms. The Kier molecular flexibility index (Phi) is 5.44. The van der Waals surface area contributed by atoms with Crippen LogP contribution in [0.25, 0.3) is 0 Å². The van der Waals surface area contributed by atoms with E-state index < -0.39 is 0 Å². The number of ether oxygens (including phenoxy) is 1. The maximum atomic E-state index is 5.74. The highest BCUT2D eigenvalue weighted by Gasteiger charge is 2.25. The van der Waals surface area contributed by atoms with E-state index in [4.69, 9.17) is 10.5 Å². The van der Waals surface area contributed by atoms with Crippen molar-refractivity contribution < 1.29 is 4.74 Å². The lowest BCUT2D eigenvalue weighted by molar-refractivity contribution is -0.00548. The molecule has 1 fully saturated rings. The van der Waals surface area contributed by atoms with Gasteiger partial charge in [0, 0.05) is 19.3 Å². The predicted octanol–water partition coefficient (Wildman–Crippen LogP) is 3.12. The number of anilines is 1. The molecule has 1 aliphatic heterocycles. The zero-order valence-electron chi connectivity index (χ0n) is 13.0. The minimum atomic E-state index is 0.399. The standard InChI is InChI=1S/C17H28N2O/c1-13(15-4-6-16(18)7-5-15)8-10-19-11-9-14(2)17(12-19)20-3/h4-7,13-14,17H,8-12,18H2,1-3H3. The molecule has 3 nitrogen and oxygen atoms in total. The van der Waals surface area contributed by atoms with Crippen molar-refractivity contribution in [2.24, 2.45) is 5.92 Å². The van der Waals surface area contributed by atoms with E-state index in [9.17, 15) is 0 Å². The molecule has 3 atom stereocenters. The summed E-state index contributed by atoms with van der Waals surface area (Å²) in [6.45, 7) is 8.02. The summed E-state index contributed by atoms with van der Waals surface area (Å²) in [6, 6.07) is 8.29. The van der Waals surface area contributed by atoms with Crippen molar-refractivity contribution in [1.29, 1.82) is 0 Å². The first-order valence-corrected chi connectivity index (χ1v) is 7.70. The van der Waals surface area contributed by atoms with Gasteiger partial charge in [0.05, 0.1) is 6.10 Å². The molecule has 1 aromatic carbocycles. The Bertz CT molecular complexity index is 404. The van der Waals surface area contributed by atoms with Crippen LogP contribution < -0.4 is 5.73 Å².